The quantitative estimate of drug-likeness (QED) is 0.829. The lowest BCUT2D eigenvalue weighted by Gasteiger charge is -2.05. The molecule has 2 N–H and O–H groups in total. The third-order valence-electron chi connectivity index (χ3n) is 2.41. The molecule has 0 spiro atoms. The summed E-state index contributed by atoms with van der Waals surface area (Å²) in [5.41, 5.74) is -0.422. The minimum absolute atomic E-state index is 0.0496. The second-order valence-electron chi connectivity index (χ2n) is 3.73. The van der Waals surface area contributed by atoms with Crippen molar-refractivity contribution in [2.45, 2.75) is 0 Å². The largest absolute Gasteiger partial charge is 0.314 e. The highest BCUT2D eigenvalue weighted by Crippen LogP contribution is 2.25. The van der Waals surface area contributed by atoms with E-state index in [1.807, 2.05) is 0 Å². The van der Waals surface area contributed by atoms with Crippen molar-refractivity contribution < 1.29 is 9.18 Å². The summed E-state index contributed by atoms with van der Waals surface area (Å²) in [4.78, 5) is 18.1. The van der Waals surface area contributed by atoms with E-state index in [0.717, 1.165) is 12.1 Å². The highest BCUT2D eigenvalue weighted by atomic mass is 35.5. The van der Waals surface area contributed by atoms with E-state index in [2.05, 4.69) is 15.3 Å². The zero-order valence-electron chi connectivity index (χ0n) is 10.0. The SMILES string of the molecule is N#Cc1nc(NC(=O)c2cc(F)c(Cl)cc2Cl)[nH]c1C#N. The van der Waals surface area contributed by atoms with Gasteiger partial charge in [-0.15, -0.1) is 0 Å². The zero-order valence-corrected chi connectivity index (χ0v) is 11.6. The number of nitrogens with one attached hydrogen (secondary N) is 2. The van der Waals surface area contributed by atoms with Crippen molar-refractivity contribution in [3.8, 4) is 12.1 Å². The van der Waals surface area contributed by atoms with Gasteiger partial charge >= 0.3 is 0 Å². The molecule has 21 heavy (non-hydrogen) atoms. The second kappa shape index (κ2) is 5.80. The molecule has 1 amide bonds. The van der Waals surface area contributed by atoms with E-state index in [-0.39, 0.29) is 32.9 Å². The van der Waals surface area contributed by atoms with Gasteiger partial charge in [-0.25, -0.2) is 9.37 Å². The predicted octanol–water partition coefficient (Wildman–Crippen LogP) is 2.85. The van der Waals surface area contributed by atoms with Crippen molar-refractivity contribution in [2.75, 3.05) is 5.32 Å². The number of carbonyl (C=O) groups is 1. The fraction of sp³-hybridized carbons (Fsp3) is 0. The molecule has 0 radical (unpaired) electrons. The van der Waals surface area contributed by atoms with Crippen LogP contribution in [0.25, 0.3) is 0 Å². The van der Waals surface area contributed by atoms with Crippen LogP contribution in [0.3, 0.4) is 0 Å². The van der Waals surface area contributed by atoms with Gasteiger partial charge in [-0.1, -0.05) is 23.2 Å². The topological polar surface area (TPSA) is 105 Å². The van der Waals surface area contributed by atoms with Crippen LogP contribution >= 0.6 is 23.2 Å². The number of H-pyrrole nitrogens is 1. The van der Waals surface area contributed by atoms with Crippen LogP contribution in [0, 0.1) is 28.5 Å². The van der Waals surface area contributed by atoms with Crippen LogP contribution in [-0.4, -0.2) is 15.9 Å². The van der Waals surface area contributed by atoms with Crippen molar-refractivity contribution >= 4 is 35.1 Å². The maximum Gasteiger partial charge on any atom is 0.259 e. The molecule has 1 aromatic heterocycles. The Bertz CT molecular complexity index is 787. The van der Waals surface area contributed by atoms with Crippen molar-refractivity contribution in [1.82, 2.24) is 9.97 Å². The number of halogens is 3. The molecule has 0 fully saturated rings. The molecule has 0 saturated heterocycles. The third kappa shape index (κ3) is 2.95. The first kappa shape index (κ1) is 14.8. The summed E-state index contributed by atoms with van der Waals surface area (Å²) in [6, 6.07) is 5.37. The molecular formula is C12H4Cl2FN5O. The molecule has 0 aliphatic carbocycles. The maximum absolute atomic E-state index is 13.4. The van der Waals surface area contributed by atoms with Crippen LogP contribution in [-0.2, 0) is 0 Å². The van der Waals surface area contributed by atoms with Gasteiger partial charge in [0.15, 0.2) is 11.4 Å². The summed E-state index contributed by atoms with van der Waals surface area (Å²) in [6.45, 7) is 0. The molecule has 0 unspecified atom stereocenters. The van der Waals surface area contributed by atoms with Gasteiger partial charge in [0.2, 0.25) is 5.95 Å². The van der Waals surface area contributed by atoms with Crippen LogP contribution in [0.1, 0.15) is 21.7 Å². The van der Waals surface area contributed by atoms with Gasteiger partial charge in [-0.2, -0.15) is 10.5 Å². The number of carbonyl (C=O) groups excluding carboxylic acids is 1. The Morgan fingerprint density at radius 1 is 1.29 bits per heavy atom. The summed E-state index contributed by atoms with van der Waals surface area (Å²) in [5, 5.41) is 19.5. The van der Waals surface area contributed by atoms with Crippen molar-refractivity contribution in [1.29, 1.82) is 10.5 Å². The Kier molecular flexibility index (Phi) is 4.08. The minimum atomic E-state index is -0.805. The van der Waals surface area contributed by atoms with E-state index in [0.29, 0.717) is 0 Å². The second-order valence-corrected chi connectivity index (χ2v) is 4.55. The van der Waals surface area contributed by atoms with Gasteiger partial charge < -0.3 is 4.98 Å². The molecule has 9 heteroatoms. The number of benzene rings is 1. The number of aromatic amines is 1. The van der Waals surface area contributed by atoms with Crippen molar-refractivity contribution in [2.24, 2.45) is 0 Å². The Balaban J connectivity index is 2.31. The number of amides is 1. The summed E-state index contributed by atoms with van der Waals surface area (Å²) >= 11 is 11.3. The summed E-state index contributed by atoms with van der Waals surface area (Å²) in [7, 11) is 0. The molecule has 0 atom stereocenters. The van der Waals surface area contributed by atoms with Crippen molar-refractivity contribution in [3.05, 3.63) is 44.9 Å². The Morgan fingerprint density at radius 3 is 2.57 bits per heavy atom. The molecule has 0 aliphatic heterocycles. The molecule has 1 heterocycles. The van der Waals surface area contributed by atoms with E-state index >= 15 is 0 Å². The highest BCUT2D eigenvalue weighted by molar-refractivity contribution is 6.37. The highest BCUT2D eigenvalue weighted by Gasteiger charge is 2.17. The van der Waals surface area contributed by atoms with E-state index < -0.39 is 11.7 Å². The fourth-order valence-corrected chi connectivity index (χ4v) is 1.93. The Hall–Kier alpha value is -2.61. The van der Waals surface area contributed by atoms with Crippen LogP contribution in [0.4, 0.5) is 10.3 Å². The molecule has 6 nitrogen and oxygen atoms in total. The van der Waals surface area contributed by atoms with Crippen LogP contribution in [0.5, 0.6) is 0 Å². The summed E-state index contributed by atoms with van der Waals surface area (Å²) < 4.78 is 13.4. The molecular weight excluding hydrogens is 320 g/mol. The minimum Gasteiger partial charge on any atom is -0.314 e. The van der Waals surface area contributed by atoms with Crippen LogP contribution in [0.2, 0.25) is 10.0 Å². The number of nitrogens with zero attached hydrogens (tertiary/aromatic N) is 3. The lowest BCUT2D eigenvalue weighted by molar-refractivity contribution is 0.102. The molecule has 0 saturated carbocycles. The number of hydrogen-bond acceptors (Lipinski definition) is 4. The van der Waals surface area contributed by atoms with Gasteiger partial charge in [0.05, 0.1) is 15.6 Å². The number of rotatable bonds is 2. The van der Waals surface area contributed by atoms with Crippen molar-refractivity contribution in [3.63, 3.8) is 0 Å². The van der Waals surface area contributed by atoms with E-state index in [1.54, 1.807) is 12.1 Å². The van der Waals surface area contributed by atoms with Gasteiger partial charge in [0.1, 0.15) is 18.0 Å². The number of aromatic nitrogens is 2. The lowest BCUT2D eigenvalue weighted by Crippen LogP contribution is -2.14. The van der Waals surface area contributed by atoms with Gasteiger partial charge in [0, 0.05) is 0 Å². The van der Waals surface area contributed by atoms with E-state index in [1.165, 1.54) is 0 Å². The maximum atomic E-state index is 13.4. The normalized spacial score (nSPS) is 9.76. The van der Waals surface area contributed by atoms with E-state index in [9.17, 15) is 9.18 Å². The molecule has 1 aromatic carbocycles. The summed E-state index contributed by atoms with van der Waals surface area (Å²) in [5.74, 6) is -1.70. The Morgan fingerprint density at radius 2 is 2.00 bits per heavy atom. The van der Waals surface area contributed by atoms with Crippen LogP contribution < -0.4 is 5.32 Å². The molecule has 2 aromatic rings. The summed E-state index contributed by atoms with van der Waals surface area (Å²) in [6.07, 6.45) is 0. The zero-order chi connectivity index (χ0) is 15.6. The molecule has 0 bridgehead atoms. The third-order valence-corrected chi connectivity index (χ3v) is 3.01. The predicted molar refractivity (Wildman–Crippen MR) is 72.4 cm³/mol. The number of imidazole rings is 1. The smallest absolute Gasteiger partial charge is 0.259 e. The van der Waals surface area contributed by atoms with Gasteiger partial charge in [-0.05, 0) is 12.1 Å². The first-order valence-electron chi connectivity index (χ1n) is 5.32. The number of hydrogen-bond donors (Lipinski definition) is 2. The van der Waals surface area contributed by atoms with Gasteiger partial charge in [0.25, 0.3) is 5.91 Å². The Labute approximate surface area is 127 Å². The molecule has 104 valence electrons. The van der Waals surface area contributed by atoms with Crippen LogP contribution in [0.15, 0.2) is 12.1 Å². The number of anilines is 1. The number of nitriles is 2. The van der Waals surface area contributed by atoms with E-state index in [4.69, 9.17) is 33.7 Å². The first-order valence-corrected chi connectivity index (χ1v) is 6.08. The fourth-order valence-electron chi connectivity index (χ4n) is 1.47. The molecule has 0 aliphatic rings. The van der Waals surface area contributed by atoms with Gasteiger partial charge in [-0.3, -0.25) is 10.1 Å². The molecule has 2 rings (SSSR count). The lowest BCUT2D eigenvalue weighted by atomic mass is 10.2. The average Bonchev–Trinajstić information content (AvgIpc) is 2.84. The first-order chi connectivity index (χ1) is 9.96. The average molecular weight is 324 g/mol. The monoisotopic (exact) mass is 323 g/mol. The standard InChI is InChI=1S/C12H4Cl2FN5O/c13-6-2-7(14)8(15)1-5(6)11(21)20-12-18-9(3-16)10(4-17)19-12/h1-2H,(H2,18,19,20,21).